The molecule has 0 radical (unpaired) electrons. The smallest absolute Gasteiger partial charge is 0.0900 e. The van der Waals surface area contributed by atoms with Gasteiger partial charge in [0.15, 0.2) is 0 Å². The van der Waals surface area contributed by atoms with Crippen LogP contribution >= 0.6 is 11.3 Å². The zero-order chi connectivity index (χ0) is 9.68. The van der Waals surface area contributed by atoms with Crippen LogP contribution in [-0.2, 0) is 6.54 Å². The van der Waals surface area contributed by atoms with Crippen LogP contribution in [0.25, 0.3) is 0 Å². The Hall–Kier alpha value is -0.450. The maximum atomic E-state index is 4.37. The molecule has 1 rings (SSSR count). The van der Waals surface area contributed by atoms with Crippen LogP contribution in [0.5, 0.6) is 0 Å². The van der Waals surface area contributed by atoms with Crippen molar-refractivity contribution in [3.63, 3.8) is 0 Å². The number of thiazole rings is 1. The molecule has 2 N–H and O–H groups in total. The minimum absolute atomic E-state index is 0.943. The van der Waals surface area contributed by atoms with Crippen molar-refractivity contribution in [3.05, 3.63) is 15.6 Å². The van der Waals surface area contributed by atoms with E-state index in [0.29, 0.717) is 0 Å². The molecule has 0 amide bonds. The lowest BCUT2D eigenvalue weighted by Gasteiger charge is -2.01. The van der Waals surface area contributed by atoms with Crippen LogP contribution in [0, 0.1) is 13.8 Å². The van der Waals surface area contributed by atoms with E-state index in [4.69, 9.17) is 0 Å². The Morgan fingerprint density at radius 2 is 2.08 bits per heavy atom. The van der Waals surface area contributed by atoms with Gasteiger partial charge >= 0.3 is 0 Å². The number of nitrogens with zero attached hydrogens (tertiary/aromatic N) is 1. The number of nitrogens with one attached hydrogen (secondary N) is 2. The maximum Gasteiger partial charge on any atom is 0.0900 e. The minimum atomic E-state index is 0.943. The second-order valence-corrected chi connectivity index (χ2v) is 4.31. The molecule has 0 unspecified atom stereocenters. The summed E-state index contributed by atoms with van der Waals surface area (Å²) in [6, 6.07) is 0. The number of aryl methyl sites for hydroxylation is 2. The first kappa shape index (κ1) is 10.6. The zero-order valence-electron chi connectivity index (χ0n) is 8.48. The van der Waals surface area contributed by atoms with Gasteiger partial charge in [0.05, 0.1) is 10.7 Å². The third-order valence-electron chi connectivity index (χ3n) is 1.84. The standard InChI is InChI=1S/C9H17N3S/c1-7-9(13-8(2)12-7)6-11-5-4-10-3/h10-11H,4-6H2,1-3H3. The normalized spacial score (nSPS) is 10.7. The monoisotopic (exact) mass is 199 g/mol. The molecule has 13 heavy (non-hydrogen) atoms. The molecule has 74 valence electrons. The second-order valence-electron chi connectivity index (χ2n) is 3.02. The summed E-state index contributed by atoms with van der Waals surface area (Å²) in [7, 11) is 1.96. The summed E-state index contributed by atoms with van der Waals surface area (Å²) >= 11 is 1.78. The van der Waals surface area contributed by atoms with E-state index >= 15 is 0 Å². The fourth-order valence-corrected chi connectivity index (χ4v) is 2.06. The Morgan fingerprint density at radius 1 is 1.31 bits per heavy atom. The van der Waals surface area contributed by atoms with E-state index in [1.165, 1.54) is 10.6 Å². The highest BCUT2D eigenvalue weighted by atomic mass is 32.1. The second kappa shape index (κ2) is 5.32. The largest absolute Gasteiger partial charge is 0.318 e. The first-order valence-electron chi connectivity index (χ1n) is 4.52. The predicted octanol–water partition coefficient (Wildman–Crippen LogP) is 1.07. The molecule has 0 aliphatic rings. The Kier molecular flexibility index (Phi) is 4.35. The fourth-order valence-electron chi connectivity index (χ4n) is 1.15. The number of rotatable bonds is 5. The molecule has 1 aromatic rings. The highest BCUT2D eigenvalue weighted by molar-refractivity contribution is 7.11. The van der Waals surface area contributed by atoms with Gasteiger partial charge in [-0.2, -0.15) is 0 Å². The van der Waals surface area contributed by atoms with Crippen molar-refractivity contribution in [1.29, 1.82) is 0 Å². The maximum absolute atomic E-state index is 4.37. The van der Waals surface area contributed by atoms with E-state index in [9.17, 15) is 0 Å². The van der Waals surface area contributed by atoms with E-state index in [-0.39, 0.29) is 0 Å². The van der Waals surface area contributed by atoms with Crippen molar-refractivity contribution >= 4 is 11.3 Å². The van der Waals surface area contributed by atoms with Crippen molar-refractivity contribution in [2.45, 2.75) is 20.4 Å². The predicted molar refractivity (Wildman–Crippen MR) is 57.2 cm³/mol. The molecular weight excluding hydrogens is 182 g/mol. The van der Waals surface area contributed by atoms with Gasteiger partial charge in [0.1, 0.15) is 0 Å². The Labute approximate surface area is 83.6 Å². The van der Waals surface area contributed by atoms with Crippen LogP contribution in [0.2, 0.25) is 0 Å². The minimum Gasteiger partial charge on any atom is -0.318 e. The first-order chi connectivity index (χ1) is 6.24. The fraction of sp³-hybridized carbons (Fsp3) is 0.667. The SMILES string of the molecule is CNCCNCc1sc(C)nc1C. The third-order valence-corrected chi connectivity index (χ3v) is 2.91. The Balaban J connectivity index is 2.32. The van der Waals surface area contributed by atoms with Gasteiger partial charge in [0.2, 0.25) is 0 Å². The van der Waals surface area contributed by atoms with Crippen molar-refractivity contribution in [3.8, 4) is 0 Å². The Morgan fingerprint density at radius 3 is 2.62 bits per heavy atom. The number of likely N-dealkylation sites (N-methyl/N-ethyl adjacent to an activating group) is 1. The average Bonchev–Trinajstić information content (AvgIpc) is 2.39. The lowest BCUT2D eigenvalue weighted by Crippen LogP contribution is -2.24. The van der Waals surface area contributed by atoms with E-state index in [1.807, 2.05) is 7.05 Å². The van der Waals surface area contributed by atoms with Crippen molar-refractivity contribution in [2.75, 3.05) is 20.1 Å². The van der Waals surface area contributed by atoms with Gasteiger partial charge in [-0.25, -0.2) is 4.98 Å². The van der Waals surface area contributed by atoms with Gasteiger partial charge in [-0.05, 0) is 20.9 Å². The summed E-state index contributed by atoms with van der Waals surface area (Å²) in [4.78, 5) is 5.73. The highest BCUT2D eigenvalue weighted by Gasteiger charge is 2.02. The van der Waals surface area contributed by atoms with E-state index < -0.39 is 0 Å². The van der Waals surface area contributed by atoms with Crippen molar-refractivity contribution in [1.82, 2.24) is 15.6 Å². The van der Waals surface area contributed by atoms with Gasteiger partial charge in [0.25, 0.3) is 0 Å². The molecule has 0 aliphatic carbocycles. The summed E-state index contributed by atoms with van der Waals surface area (Å²) in [5.41, 5.74) is 1.17. The molecule has 0 spiro atoms. The third kappa shape index (κ3) is 3.42. The Bertz CT molecular complexity index is 257. The molecule has 1 aromatic heterocycles. The summed E-state index contributed by atoms with van der Waals surface area (Å²) in [5, 5.41) is 7.62. The molecule has 4 heteroatoms. The summed E-state index contributed by atoms with van der Waals surface area (Å²) in [6.07, 6.45) is 0. The van der Waals surface area contributed by atoms with Crippen LogP contribution in [-0.4, -0.2) is 25.1 Å². The van der Waals surface area contributed by atoms with Gasteiger partial charge < -0.3 is 10.6 Å². The van der Waals surface area contributed by atoms with E-state index in [2.05, 4.69) is 29.5 Å². The first-order valence-corrected chi connectivity index (χ1v) is 5.34. The molecular formula is C9H17N3S. The van der Waals surface area contributed by atoms with Crippen LogP contribution in [0.1, 0.15) is 15.6 Å². The van der Waals surface area contributed by atoms with Crippen molar-refractivity contribution in [2.24, 2.45) is 0 Å². The highest BCUT2D eigenvalue weighted by Crippen LogP contribution is 2.16. The quantitative estimate of drug-likeness (QED) is 0.697. The average molecular weight is 199 g/mol. The molecule has 1 heterocycles. The van der Waals surface area contributed by atoms with Gasteiger partial charge in [0, 0.05) is 24.5 Å². The van der Waals surface area contributed by atoms with Gasteiger partial charge in [-0.3, -0.25) is 0 Å². The van der Waals surface area contributed by atoms with Crippen LogP contribution in [0.3, 0.4) is 0 Å². The summed E-state index contributed by atoms with van der Waals surface area (Å²) < 4.78 is 0. The molecule has 0 fully saturated rings. The van der Waals surface area contributed by atoms with Crippen LogP contribution in [0.4, 0.5) is 0 Å². The van der Waals surface area contributed by atoms with Crippen LogP contribution < -0.4 is 10.6 Å². The van der Waals surface area contributed by atoms with Gasteiger partial charge in [-0.1, -0.05) is 0 Å². The van der Waals surface area contributed by atoms with Crippen LogP contribution in [0.15, 0.2) is 0 Å². The number of hydrogen-bond acceptors (Lipinski definition) is 4. The number of aromatic nitrogens is 1. The zero-order valence-corrected chi connectivity index (χ0v) is 9.29. The summed E-state index contributed by atoms with van der Waals surface area (Å²) in [5.74, 6) is 0. The molecule has 3 nitrogen and oxygen atoms in total. The molecule has 0 atom stereocenters. The van der Waals surface area contributed by atoms with E-state index in [1.54, 1.807) is 11.3 Å². The lowest BCUT2D eigenvalue weighted by atomic mass is 10.4. The number of hydrogen-bond donors (Lipinski definition) is 2. The molecule has 0 saturated carbocycles. The summed E-state index contributed by atoms with van der Waals surface area (Å²) in [6.45, 7) is 7.08. The molecule has 0 aromatic carbocycles. The van der Waals surface area contributed by atoms with Crippen molar-refractivity contribution < 1.29 is 0 Å². The van der Waals surface area contributed by atoms with Gasteiger partial charge in [-0.15, -0.1) is 11.3 Å². The van der Waals surface area contributed by atoms with E-state index in [0.717, 1.165) is 24.6 Å². The molecule has 0 aliphatic heterocycles. The lowest BCUT2D eigenvalue weighted by molar-refractivity contribution is 0.653. The topological polar surface area (TPSA) is 37.0 Å². The molecule has 0 saturated heterocycles. The molecule has 0 bridgehead atoms.